The average molecular weight is 312 g/mol. The van der Waals surface area contributed by atoms with Crippen LogP contribution in [0.2, 0.25) is 5.02 Å². The molecule has 2 heterocycles. The summed E-state index contributed by atoms with van der Waals surface area (Å²) in [6.45, 7) is 4.59. The summed E-state index contributed by atoms with van der Waals surface area (Å²) in [6.07, 6.45) is 2.69. The lowest BCUT2D eigenvalue weighted by atomic mass is 9.98. The Hall–Kier alpha value is -1.69. The Bertz CT molecular complexity index is 562. The number of carboxylic acids is 1. The van der Waals surface area contributed by atoms with Crippen LogP contribution in [0, 0.1) is 5.92 Å². The minimum absolute atomic E-state index is 0.0851. The van der Waals surface area contributed by atoms with Crippen LogP contribution in [0.4, 0.5) is 0 Å². The molecule has 1 saturated heterocycles. The molecule has 1 atom stereocenters. The number of aromatic nitrogens is 2. The van der Waals surface area contributed by atoms with E-state index in [0.29, 0.717) is 25.2 Å². The van der Waals surface area contributed by atoms with Crippen molar-refractivity contribution in [3.05, 3.63) is 22.7 Å². The number of hydrogen-bond donors (Lipinski definition) is 1. The van der Waals surface area contributed by atoms with Gasteiger partial charge in [-0.3, -0.25) is 9.59 Å². The van der Waals surface area contributed by atoms with Gasteiger partial charge in [0, 0.05) is 19.0 Å². The first-order chi connectivity index (χ1) is 9.90. The molecule has 1 aromatic rings. The van der Waals surface area contributed by atoms with E-state index in [2.05, 4.69) is 9.97 Å². The van der Waals surface area contributed by atoms with Gasteiger partial charge in [-0.1, -0.05) is 25.4 Å². The normalized spacial score (nSPS) is 18.9. The van der Waals surface area contributed by atoms with Crippen LogP contribution in [0.15, 0.2) is 6.20 Å². The summed E-state index contributed by atoms with van der Waals surface area (Å²) in [5.41, 5.74) is 0.154. The van der Waals surface area contributed by atoms with Gasteiger partial charge in [0.1, 0.15) is 5.82 Å². The molecule has 1 aliphatic heterocycles. The summed E-state index contributed by atoms with van der Waals surface area (Å²) >= 11 is 6.03. The predicted molar refractivity (Wildman–Crippen MR) is 77.4 cm³/mol. The standard InChI is InChI=1S/C14H18ClN3O3/c1-8(2)12-16-6-10(15)11(17-12)13(19)18-5-3-4-9(7-18)14(20)21/h6,8-9H,3-5,7H2,1-2H3,(H,20,21)/t9-/m0/s1. The molecule has 114 valence electrons. The number of nitrogens with zero attached hydrogens (tertiary/aromatic N) is 3. The smallest absolute Gasteiger partial charge is 0.308 e. The van der Waals surface area contributed by atoms with Crippen LogP contribution in [0.1, 0.15) is 48.9 Å². The van der Waals surface area contributed by atoms with Crippen LogP contribution in [0.3, 0.4) is 0 Å². The Morgan fingerprint density at radius 3 is 2.81 bits per heavy atom. The van der Waals surface area contributed by atoms with E-state index in [0.717, 1.165) is 0 Å². The molecule has 7 heteroatoms. The number of carboxylic acid groups (broad SMARTS) is 1. The Kier molecular flexibility index (Phi) is 4.77. The molecule has 1 fully saturated rings. The molecule has 0 bridgehead atoms. The largest absolute Gasteiger partial charge is 0.481 e. The zero-order valence-corrected chi connectivity index (χ0v) is 12.8. The number of hydrogen-bond acceptors (Lipinski definition) is 4. The second-order valence-corrected chi connectivity index (χ2v) is 5.92. The van der Waals surface area contributed by atoms with Crippen LogP contribution in [-0.2, 0) is 4.79 Å². The molecular weight excluding hydrogens is 294 g/mol. The van der Waals surface area contributed by atoms with Crippen molar-refractivity contribution in [2.75, 3.05) is 13.1 Å². The van der Waals surface area contributed by atoms with Crippen LogP contribution >= 0.6 is 11.6 Å². The number of piperidine rings is 1. The fourth-order valence-corrected chi connectivity index (χ4v) is 2.49. The highest BCUT2D eigenvalue weighted by Gasteiger charge is 2.30. The van der Waals surface area contributed by atoms with E-state index in [1.54, 1.807) is 0 Å². The zero-order chi connectivity index (χ0) is 15.6. The van der Waals surface area contributed by atoms with Crippen molar-refractivity contribution in [1.29, 1.82) is 0 Å². The molecule has 1 N–H and O–H groups in total. The minimum atomic E-state index is -0.871. The first-order valence-electron chi connectivity index (χ1n) is 6.94. The quantitative estimate of drug-likeness (QED) is 0.925. The molecular formula is C14H18ClN3O3. The molecule has 21 heavy (non-hydrogen) atoms. The number of carbonyl (C=O) groups excluding carboxylic acids is 1. The number of aliphatic carboxylic acids is 1. The minimum Gasteiger partial charge on any atom is -0.481 e. The average Bonchev–Trinajstić information content (AvgIpc) is 2.47. The molecule has 0 aliphatic carbocycles. The van der Waals surface area contributed by atoms with Gasteiger partial charge in [0.2, 0.25) is 0 Å². The summed E-state index contributed by atoms with van der Waals surface area (Å²) in [4.78, 5) is 33.5. The number of rotatable bonds is 3. The van der Waals surface area contributed by atoms with Gasteiger partial charge in [-0.2, -0.15) is 0 Å². The van der Waals surface area contributed by atoms with Crippen molar-refractivity contribution < 1.29 is 14.7 Å². The summed E-state index contributed by atoms with van der Waals surface area (Å²) in [7, 11) is 0. The Balaban J connectivity index is 2.23. The molecule has 0 unspecified atom stereocenters. The topological polar surface area (TPSA) is 83.4 Å². The molecule has 1 aromatic heterocycles. The highest BCUT2D eigenvalue weighted by Crippen LogP contribution is 2.22. The van der Waals surface area contributed by atoms with Crippen molar-refractivity contribution in [1.82, 2.24) is 14.9 Å². The molecule has 0 saturated carbocycles. The maximum absolute atomic E-state index is 12.5. The van der Waals surface area contributed by atoms with E-state index >= 15 is 0 Å². The lowest BCUT2D eigenvalue weighted by Crippen LogP contribution is -2.42. The third-order valence-electron chi connectivity index (χ3n) is 3.54. The lowest BCUT2D eigenvalue weighted by Gasteiger charge is -2.30. The molecule has 1 amide bonds. The van der Waals surface area contributed by atoms with E-state index in [1.807, 2.05) is 13.8 Å². The van der Waals surface area contributed by atoms with Crippen LogP contribution < -0.4 is 0 Å². The SMILES string of the molecule is CC(C)c1ncc(Cl)c(C(=O)N2CCC[C@H](C(=O)O)C2)n1. The van der Waals surface area contributed by atoms with Crippen molar-refractivity contribution in [3.63, 3.8) is 0 Å². The number of carbonyl (C=O) groups is 2. The monoisotopic (exact) mass is 311 g/mol. The second kappa shape index (κ2) is 6.39. The van der Waals surface area contributed by atoms with Crippen LogP contribution in [-0.4, -0.2) is 44.9 Å². The maximum Gasteiger partial charge on any atom is 0.308 e. The second-order valence-electron chi connectivity index (χ2n) is 5.51. The van der Waals surface area contributed by atoms with Crippen molar-refractivity contribution in [3.8, 4) is 0 Å². The van der Waals surface area contributed by atoms with Gasteiger partial charge >= 0.3 is 5.97 Å². The highest BCUT2D eigenvalue weighted by atomic mass is 35.5. The molecule has 1 aliphatic rings. The Labute approximate surface area is 128 Å². The van der Waals surface area contributed by atoms with E-state index in [4.69, 9.17) is 16.7 Å². The van der Waals surface area contributed by atoms with Gasteiger partial charge in [0.05, 0.1) is 17.1 Å². The van der Waals surface area contributed by atoms with Crippen molar-refractivity contribution >= 4 is 23.5 Å². The van der Waals surface area contributed by atoms with E-state index in [1.165, 1.54) is 11.1 Å². The van der Waals surface area contributed by atoms with Crippen molar-refractivity contribution in [2.24, 2.45) is 5.92 Å². The van der Waals surface area contributed by atoms with Gasteiger partial charge in [0.15, 0.2) is 5.69 Å². The van der Waals surface area contributed by atoms with Gasteiger partial charge in [-0.25, -0.2) is 9.97 Å². The third kappa shape index (κ3) is 3.50. The number of likely N-dealkylation sites (tertiary alicyclic amines) is 1. The van der Waals surface area contributed by atoms with Crippen molar-refractivity contribution in [2.45, 2.75) is 32.6 Å². The lowest BCUT2D eigenvalue weighted by molar-refractivity contribution is -0.143. The summed E-state index contributed by atoms with van der Waals surface area (Å²) in [5.74, 6) is -1.08. The van der Waals surface area contributed by atoms with E-state index < -0.39 is 11.9 Å². The third-order valence-corrected chi connectivity index (χ3v) is 3.82. The predicted octanol–water partition coefficient (Wildman–Crippen LogP) is 2.19. The van der Waals surface area contributed by atoms with Gasteiger partial charge < -0.3 is 10.0 Å². The molecule has 2 rings (SSSR count). The molecule has 0 spiro atoms. The zero-order valence-electron chi connectivity index (χ0n) is 12.0. The Morgan fingerprint density at radius 2 is 2.19 bits per heavy atom. The van der Waals surface area contributed by atoms with Crippen LogP contribution in [0.5, 0.6) is 0 Å². The summed E-state index contributed by atoms with van der Waals surface area (Å²) in [5, 5.41) is 9.29. The number of halogens is 1. The van der Waals surface area contributed by atoms with Crippen LogP contribution in [0.25, 0.3) is 0 Å². The Morgan fingerprint density at radius 1 is 1.48 bits per heavy atom. The molecule has 0 aromatic carbocycles. The first-order valence-corrected chi connectivity index (χ1v) is 7.32. The first kappa shape index (κ1) is 15.7. The highest BCUT2D eigenvalue weighted by molar-refractivity contribution is 6.33. The van der Waals surface area contributed by atoms with E-state index in [-0.39, 0.29) is 29.1 Å². The maximum atomic E-state index is 12.5. The van der Waals surface area contributed by atoms with Gasteiger partial charge in [-0.05, 0) is 12.8 Å². The van der Waals surface area contributed by atoms with Gasteiger partial charge in [0.25, 0.3) is 5.91 Å². The number of amides is 1. The van der Waals surface area contributed by atoms with E-state index in [9.17, 15) is 9.59 Å². The molecule has 0 radical (unpaired) electrons. The molecule has 6 nitrogen and oxygen atoms in total. The fraction of sp³-hybridized carbons (Fsp3) is 0.571. The summed E-state index contributed by atoms with van der Waals surface area (Å²) in [6, 6.07) is 0. The van der Waals surface area contributed by atoms with Gasteiger partial charge in [-0.15, -0.1) is 0 Å². The fourth-order valence-electron chi connectivity index (χ4n) is 2.32. The summed E-state index contributed by atoms with van der Waals surface area (Å²) < 4.78 is 0.